The Morgan fingerprint density at radius 3 is 2.58 bits per heavy atom. The highest BCUT2D eigenvalue weighted by Crippen LogP contribution is 2.27. The molecule has 1 saturated heterocycles. The number of rotatable bonds is 10. The largest absolute Gasteiger partial charge is 0.493 e. The van der Waals surface area contributed by atoms with Crippen molar-refractivity contribution in [3.63, 3.8) is 0 Å². The Balaban J connectivity index is 1.60. The monoisotopic (exact) mass is 362 g/mol. The number of nitrogens with zero attached hydrogens (tertiary/aromatic N) is 2. The number of ether oxygens (including phenoxy) is 2. The first-order valence-electron chi connectivity index (χ1n) is 9.70. The van der Waals surface area contributed by atoms with Gasteiger partial charge in [0.15, 0.2) is 17.5 Å². The highest BCUT2D eigenvalue weighted by molar-refractivity contribution is 5.77. The first kappa shape index (κ1) is 20.4. The van der Waals surface area contributed by atoms with Crippen molar-refractivity contribution in [3.05, 3.63) is 23.8 Å². The predicted octanol–water partition coefficient (Wildman–Crippen LogP) is 2.76. The molecule has 6 heteroatoms. The van der Waals surface area contributed by atoms with Crippen LogP contribution >= 0.6 is 0 Å². The van der Waals surface area contributed by atoms with E-state index in [4.69, 9.17) is 15.2 Å². The number of hydrogen-bond donors (Lipinski definition) is 2. The van der Waals surface area contributed by atoms with Crippen LogP contribution in [-0.4, -0.2) is 51.3 Å². The number of unbranched alkanes of at least 4 members (excludes halogenated alkanes) is 2. The fourth-order valence-corrected chi connectivity index (χ4v) is 3.25. The summed E-state index contributed by atoms with van der Waals surface area (Å²) >= 11 is 0. The number of hydrogen-bond acceptors (Lipinski definition) is 4. The van der Waals surface area contributed by atoms with E-state index < -0.39 is 0 Å². The lowest BCUT2D eigenvalue weighted by molar-refractivity contribution is 0.224. The lowest BCUT2D eigenvalue weighted by Gasteiger charge is -2.26. The number of piperidine rings is 1. The molecule has 0 bridgehead atoms. The third-order valence-corrected chi connectivity index (χ3v) is 4.79. The van der Waals surface area contributed by atoms with Crippen molar-refractivity contribution in [2.75, 3.05) is 40.4 Å². The third kappa shape index (κ3) is 7.12. The van der Waals surface area contributed by atoms with E-state index in [0.29, 0.717) is 18.3 Å². The Labute approximate surface area is 157 Å². The van der Waals surface area contributed by atoms with Crippen LogP contribution in [0.25, 0.3) is 0 Å². The fourth-order valence-electron chi connectivity index (χ4n) is 3.25. The van der Waals surface area contributed by atoms with E-state index in [9.17, 15) is 0 Å². The number of benzene rings is 1. The van der Waals surface area contributed by atoms with E-state index >= 15 is 0 Å². The molecule has 146 valence electrons. The standard InChI is InChI=1S/C20H34N4O2/c1-25-18-10-9-17(15-19(18)26-2)16-23-20(21)22-11-5-3-6-12-24-13-7-4-8-14-24/h9-10,15H,3-8,11-14,16H2,1-2H3,(H3,21,22,23). The molecule has 1 heterocycles. The number of guanidine groups is 1. The van der Waals surface area contributed by atoms with E-state index in [2.05, 4.69) is 15.2 Å². The van der Waals surface area contributed by atoms with Crippen molar-refractivity contribution in [1.29, 1.82) is 0 Å². The number of nitrogens with two attached hydrogens (primary N) is 1. The minimum Gasteiger partial charge on any atom is -0.493 e. The smallest absolute Gasteiger partial charge is 0.188 e. The van der Waals surface area contributed by atoms with E-state index in [1.807, 2.05) is 18.2 Å². The summed E-state index contributed by atoms with van der Waals surface area (Å²) in [4.78, 5) is 6.99. The molecule has 26 heavy (non-hydrogen) atoms. The van der Waals surface area contributed by atoms with Gasteiger partial charge in [-0.25, -0.2) is 4.99 Å². The molecule has 2 rings (SSSR count). The summed E-state index contributed by atoms with van der Waals surface area (Å²) in [6.45, 7) is 5.21. The van der Waals surface area contributed by atoms with Gasteiger partial charge >= 0.3 is 0 Å². The van der Waals surface area contributed by atoms with Gasteiger partial charge in [0.05, 0.1) is 20.8 Å². The van der Waals surface area contributed by atoms with E-state index in [1.54, 1.807) is 14.2 Å². The van der Waals surface area contributed by atoms with Crippen LogP contribution in [0.3, 0.4) is 0 Å². The van der Waals surface area contributed by atoms with Gasteiger partial charge in [-0.2, -0.15) is 0 Å². The maximum atomic E-state index is 5.95. The van der Waals surface area contributed by atoms with Crippen molar-refractivity contribution in [2.45, 2.75) is 45.1 Å². The summed E-state index contributed by atoms with van der Waals surface area (Å²) in [6, 6.07) is 5.78. The van der Waals surface area contributed by atoms with Crippen LogP contribution in [0.15, 0.2) is 23.2 Å². The van der Waals surface area contributed by atoms with Crippen LogP contribution in [0, 0.1) is 0 Å². The molecule has 1 aliphatic heterocycles. The average molecular weight is 363 g/mol. The van der Waals surface area contributed by atoms with Crippen LogP contribution in [0.4, 0.5) is 0 Å². The second-order valence-electron chi connectivity index (χ2n) is 6.78. The van der Waals surface area contributed by atoms with Crippen LogP contribution in [0.5, 0.6) is 11.5 Å². The Morgan fingerprint density at radius 1 is 1.08 bits per heavy atom. The SMILES string of the molecule is COc1ccc(CN=C(N)NCCCCCN2CCCCC2)cc1OC. The molecule has 0 spiro atoms. The number of likely N-dealkylation sites (tertiary alicyclic amines) is 1. The molecule has 0 radical (unpaired) electrons. The van der Waals surface area contributed by atoms with Crippen LogP contribution in [0.2, 0.25) is 0 Å². The molecule has 1 fully saturated rings. The number of aliphatic imine (C=N–C) groups is 1. The Morgan fingerprint density at radius 2 is 1.85 bits per heavy atom. The molecule has 0 saturated carbocycles. The summed E-state index contributed by atoms with van der Waals surface area (Å²) in [5.41, 5.74) is 6.99. The Hall–Kier alpha value is -1.95. The molecule has 0 atom stereocenters. The van der Waals surface area contributed by atoms with Gasteiger partial charge in [0.1, 0.15) is 0 Å². The number of nitrogens with one attached hydrogen (secondary N) is 1. The van der Waals surface area contributed by atoms with Gasteiger partial charge in [-0.05, 0) is 63.0 Å². The highest BCUT2D eigenvalue weighted by atomic mass is 16.5. The lowest BCUT2D eigenvalue weighted by Crippen LogP contribution is -2.33. The highest BCUT2D eigenvalue weighted by Gasteiger charge is 2.08. The molecule has 1 aliphatic rings. The lowest BCUT2D eigenvalue weighted by atomic mass is 10.1. The van der Waals surface area contributed by atoms with Crippen LogP contribution < -0.4 is 20.5 Å². The van der Waals surface area contributed by atoms with E-state index in [-0.39, 0.29) is 0 Å². The van der Waals surface area contributed by atoms with Crippen molar-refractivity contribution in [1.82, 2.24) is 10.2 Å². The van der Waals surface area contributed by atoms with Crippen LogP contribution in [0.1, 0.15) is 44.1 Å². The fraction of sp³-hybridized carbons (Fsp3) is 0.650. The Bertz CT molecular complexity index is 557. The summed E-state index contributed by atoms with van der Waals surface area (Å²) in [6.07, 6.45) is 7.77. The molecule has 1 aromatic rings. The van der Waals surface area contributed by atoms with Crippen LogP contribution in [-0.2, 0) is 6.54 Å². The van der Waals surface area contributed by atoms with E-state index in [1.165, 1.54) is 51.7 Å². The zero-order valence-electron chi connectivity index (χ0n) is 16.3. The maximum Gasteiger partial charge on any atom is 0.188 e. The average Bonchev–Trinajstić information content (AvgIpc) is 2.69. The van der Waals surface area contributed by atoms with Gasteiger partial charge in [-0.1, -0.05) is 18.9 Å². The molecule has 6 nitrogen and oxygen atoms in total. The summed E-state index contributed by atoms with van der Waals surface area (Å²) in [7, 11) is 3.26. The summed E-state index contributed by atoms with van der Waals surface area (Å²) in [5, 5.41) is 3.20. The Kier molecular flexibility index (Phi) is 9.10. The quantitative estimate of drug-likeness (QED) is 0.380. The molecule has 0 aliphatic carbocycles. The molecular formula is C20H34N4O2. The molecule has 0 unspecified atom stereocenters. The van der Waals surface area contributed by atoms with Gasteiger partial charge in [0.2, 0.25) is 0 Å². The van der Waals surface area contributed by atoms with Crippen molar-refractivity contribution in [2.24, 2.45) is 10.7 Å². The first-order valence-corrected chi connectivity index (χ1v) is 9.70. The van der Waals surface area contributed by atoms with Gasteiger partial charge in [-0.3, -0.25) is 0 Å². The molecular weight excluding hydrogens is 328 g/mol. The summed E-state index contributed by atoms with van der Waals surface area (Å²) in [5.74, 6) is 1.92. The topological polar surface area (TPSA) is 72.1 Å². The van der Waals surface area contributed by atoms with E-state index in [0.717, 1.165) is 24.3 Å². The minimum atomic E-state index is 0.496. The normalized spacial score (nSPS) is 15.7. The minimum absolute atomic E-state index is 0.496. The molecule has 3 N–H and O–H groups in total. The van der Waals surface area contributed by atoms with Crippen molar-refractivity contribution in [3.8, 4) is 11.5 Å². The molecule has 0 aromatic heterocycles. The van der Waals surface area contributed by atoms with Crippen molar-refractivity contribution < 1.29 is 9.47 Å². The first-order chi connectivity index (χ1) is 12.7. The zero-order chi connectivity index (χ0) is 18.6. The third-order valence-electron chi connectivity index (χ3n) is 4.79. The maximum absolute atomic E-state index is 5.95. The van der Waals surface area contributed by atoms with Gasteiger partial charge in [-0.15, -0.1) is 0 Å². The second kappa shape index (κ2) is 11.6. The zero-order valence-corrected chi connectivity index (χ0v) is 16.3. The predicted molar refractivity (Wildman–Crippen MR) is 107 cm³/mol. The van der Waals surface area contributed by atoms with Gasteiger partial charge in [0.25, 0.3) is 0 Å². The second-order valence-corrected chi connectivity index (χ2v) is 6.78. The molecule has 1 aromatic carbocycles. The van der Waals surface area contributed by atoms with Gasteiger partial charge < -0.3 is 25.4 Å². The summed E-state index contributed by atoms with van der Waals surface area (Å²) < 4.78 is 10.5. The van der Waals surface area contributed by atoms with Crippen molar-refractivity contribution >= 4 is 5.96 Å². The molecule has 0 amide bonds. The number of methoxy groups -OCH3 is 2. The van der Waals surface area contributed by atoms with Gasteiger partial charge in [0, 0.05) is 6.54 Å².